The Morgan fingerprint density at radius 3 is 3.14 bits per heavy atom. The van der Waals surface area contributed by atoms with E-state index in [1.54, 1.807) is 18.3 Å². The number of rotatable bonds is 4. The molecule has 1 rings (SSSR count). The first-order valence-corrected chi connectivity index (χ1v) is 5.44. The molecule has 0 aromatic carbocycles. The maximum atomic E-state index is 11.3. The highest BCUT2D eigenvalue weighted by Crippen LogP contribution is 2.05. The summed E-state index contributed by atoms with van der Waals surface area (Å²) < 4.78 is 0. The minimum atomic E-state index is 0.0707. The Morgan fingerprint density at radius 2 is 2.50 bits per heavy atom. The fourth-order valence-corrected chi connectivity index (χ4v) is 1.70. The number of carbonyl (C=O) groups excluding carboxylic acids is 1. The van der Waals surface area contributed by atoms with Gasteiger partial charge in [0.15, 0.2) is 0 Å². The molecule has 3 heteroatoms. The van der Waals surface area contributed by atoms with E-state index in [2.05, 4.69) is 17.2 Å². The third-order valence-electron chi connectivity index (χ3n) is 1.69. The summed E-state index contributed by atoms with van der Waals surface area (Å²) in [7, 11) is 0. The molecule has 0 atom stereocenters. The largest absolute Gasteiger partial charge is 0.355 e. The summed E-state index contributed by atoms with van der Waals surface area (Å²) >= 11 is 1.61. The average molecular weight is 207 g/mol. The van der Waals surface area contributed by atoms with Crippen LogP contribution >= 0.6 is 11.3 Å². The Balaban J connectivity index is 2.19. The quantitative estimate of drug-likeness (QED) is 0.592. The zero-order chi connectivity index (χ0) is 10.2. The fraction of sp³-hybridized carbons (Fsp3) is 0.364. The standard InChI is InChI=1S/C11H13NOS/c1-2-3-4-6-12-11(13)8-10-5-7-14-9-10/h5,7,9H,4,6,8H2,1H3,(H,12,13). The molecule has 0 saturated carbocycles. The van der Waals surface area contributed by atoms with Crippen LogP contribution in [0.2, 0.25) is 0 Å². The van der Waals surface area contributed by atoms with Crippen LogP contribution < -0.4 is 5.32 Å². The van der Waals surface area contributed by atoms with Crippen molar-refractivity contribution in [3.05, 3.63) is 22.4 Å². The second-order valence-corrected chi connectivity index (χ2v) is 3.62. The first kappa shape index (κ1) is 10.8. The lowest BCUT2D eigenvalue weighted by atomic mass is 10.2. The molecule has 0 radical (unpaired) electrons. The van der Waals surface area contributed by atoms with E-state index in [0.717, 1.165) is 12.0 Å². The maximum Gasteiger partial charge on any atom is 0.224 e. The van der Waals surface area contributed by atoms with Crippen LogP contribution in [0.15, 0.2) is 16.8 Å². The Kier molecular flexibility index (Phi) is 4.81. The number of nitrogens with one attached hydrogen (secondary N) is 1. The molecule has 1 aromatic rings. The van der Waals surface area contributed by atoms with Crippen molar-refractivity contribution in [3.63, 3.8) is 0 Å². The van der Waals surface area contributed by atoms with Crippen molar-refractivity contribution in [2.24, 2.45) is 0 Å². The van der Waals surface area contributed by atoms with Crippen molar-refractivity contribution < 1.29 is 4.79 Å². The maximum absolute atomic E-state index is 11.3. The summed E-state index contributed by atoms with van der Waals surface area (Å²) in [4.78, 5) is 11.3. The van der Waals surface area contributed by atoms with E-state index >= 15 is 0 Å². The van der Waals surface area contributed by atoms with Gasteiger partial charge in [0.25, 0.3) is 0 Å². The van der Waals surface area contributed by atoms with Crippen LogP contribution in [0.4, 0.5) is 0 Å². The predicted molar refractivity (Wildman–Crippen MR) is 59.1 cm³/mol. The monoisotopic (exact) mass is 207 g/mol. The summed E-state index contributed by atoms with van der Waals surface area (Å²) in [6, 6.07) is 1.97. The number of hydrogen-bond donors (Lipinski definition) is 1. The lowest BCUT2D eigenvalue weighted by molar-refractivity contribution is -0.120. The molecule has 0 bridgehead atoms. The van der Waals surface area contributed by atoms with Crippen molar-refractivity contribution in [2.75, 3.05) is 6.54 Å². The van der Waals surface area contributed by atoms with Gasteiger partial charge in [-0.2, -0.15) is 11.3 Å². The molecule has 74 valence electrons. The molecule has 14 heavy (non-hydrogen) atoms. The third-order valence-corrected chi connectivity index (χ3v) is 2.43. The highest BCUT2D eigenvalue weighted by Gasteiger charge is 2.01. The Bertz CT molecular complexity index is 332. The minimum Gasteiger partial charge on any atom is -0.355 e. The summed E-state index contributed by atoms with van der Waals surface area (Å²) in [5, 5.41) is 6.79. The van der Waals surface area contributed by atoms with E-state index in [-0.39, 0.29) is 5.91 Å². The van der Waals surface area contributed by atoms with Gasteiger partial charge in [-0.05, 0) is 29.3 Å². The first-order chi connectivity index (χ1) is 6.83. The molecule has 0 saturated heterocycles. The second-order valence-electron chi connectivity index (χ2n) is 2.84. The van der Waals surface area contributed by atoms with Gasteiger partial charge in [-0.25, -0.2) is 0 Å². The molecule has 0 aliphatic heterocycles. The van der Waals surface area contributed by atoms with Crippen LogP contribution in [0, 0.1) is 11.8 Å². The van der Waals surface area contributed by atoms with E-state index in [9.17, 15) is 4.79 Å². The molecule has 1 aromatic heterocycles. The van der Waals surface area contributed by atoms with Gasteiger partial charge in [-0.3, -0.25) is 4.79 Å². The van der Waals surface area contributed by atoms with E-state index in [1.807, 2.05) is 16.8 Å². The second kappa shape index (κ2) is 6.22. The summed E-state index contributed by atoms with van der Waals surface area (Å²) in [5.74, 6) is 5.76. The molecule has 1 N–H and O–H groups in total. The van der Waals surface area contributed by atoms with Gasteiger partial charge in [0.05, 0.1) is 6.42 Å². The SMILES string of the molecule is CC#CCCNC(=O)Cc1ccsc1. The molecular formula is C11H13NOS. The Labute approximate surface area is 88.3 Å². The summed E-state index contributed by atoms with van der Waals surface area (Å²) in [6.07, 6.45) is 1.20. The van der Waals surface area contributed by atoms with Crippen LogP contribution in [-0.4, -0.2) is 12.5 Å². The molecule has 0 fully saturated rings. The molecule has 0 aliphatic rings. The zero-order valence-corrected chi connectivity index (χ0v) is 8.99. The average Bonchev–Trinajstić information content (AvgIpc) is 2.65. The molecule has 0 unspecified atom stereocenters. The normalized spacial score (nSPS) is 8.93. The van der Waals surface area contributed by atoms with Crippen LogP contribution in [0.25, 0.3) is 0 Å². The van der Waals surface area contributed by atoms with Crippen molar-refractivity contribution >= 4 is 17.2 Å². The first-order valence-electron chi connectivity index (χ1n) is 4.50. The minimum absolute atomic E-state index is 0.0707. The van der Waals surface area contributed by atoms with Crippen LogP contribution in [0.3, 0.4) is 0 Å². The van der Waals surface area contributed by atoms with Gasteiger partial charge in [-0.1, -0.05) is 0 Å². The van der Waals surface area contributed by atoms with Crippen LogP contribution in [0.5, 0.6) is 0 Å². The highest BCUT2D eigenvalue weighted by molar-refractivity contribution is 7.07. The predicted octanol–water partition coefficient (Wildman–Crippen LogP) is 1.82. The van der Waals surface area contributed by atoms with Crippen LogP contribution in [0.1, 0.15) is 18.9 Å². The molecular weight excluding hydrogens is 194 g/mol. The smallest absolute Gasteiger partial charge is 0.224 e. The lowest BCUT2D eigenvalue weighted by Gasteiger charge is -2.00. The van der Waals surface area contributed by atoms with Gasteiger partial charge in [-0.15, -0.1) is 11.8 Å². The lowest BCUT2D eigenvalue weighted by Crippen LogP contribution is -2.25. The molecule has 1 amide bonds. The van der Waals surface area contributed by atoms with Crippen molar-refractivity contribution in [3.8, 4) is 11.8 Å². The number of hydrogen-bond acceptors (Lipinski definition) is 2. The van der Waals surface area contributed by atoms with Gasteiger partial charge in [0, 0.05) is 13.0 Å². The van der Waals surface area contributed by atoms with E-state index in [0.29, 0.717) is 13.0 Å². The number of thiophene rings is 1. The summed E-state index contributed by atoms with van der Waals surface area (Å²) in [5.41, 5.74) is 1.08. The third kappa shape index (κ3) is 4.11. The van der Waals surface area contributed by atoms with E-state index < -0.39 is 0 Å². The van der Waals surface area contributed by atoms with E-state index in [4.69, 9.17) is 0 Å². The Hall–Kier alpha value is -1.27. The van der Waals surface area contributed by atoms with E-state index in [1.165, 1.54) is 0 Å². The fourth-order valence-electron chi connectivity index (χ4n) is 1.03. The molecule has 2 nitrogen and oxygen atoms in total. The molecule has 0 aliphatic carbocycles. The van der Waals surface area contributed by atoms with Crippen LogP contribution in [-0.2, 0) is 11.2 Å². The summed E-state index contributed by atoms with van der Waals surface area (Å²) in [6.45, 7) is 2.44. The molecule has 1 heterocycles. The number of carbonyl (C=O) groups is 1. The van der Waals surface area contributed by atoms with Crippen molar-refractivity contribution in [1.29, 1.82) is 0 Å². The molecule has 0 spiro atoms. The van der Waals surface area contributed by atoms with Gasteiger partial charge < -0.3 is 5.32 Å². The van der Waals surface area contributed by atoms with Gasteiger partial charge in [0.2, 0.25) is 5.91 Å². The van der Waals surface area contributed by atoms with Crippen molar-refractivity contribution in [2.45, 2.75) is 19.8 Å². The number of amides is 1. The highest BCUT2D eigenvalue weighted by atomic mass is 32.1. The van der Waals surface area contributed by atoms with Crippen molar-refractivity contribution in [1.82, 2.24) is 5.32 Å². The Morgan fingerprint density at radius 1 is 1.64 bits per heavy atom. The topological polar surface area (TPSA) is 29.1 Å². The van der Waals surface area contributed by atoms with Gasteiger partial charge in [0.1, 0.15) is 0 Å². The zero-order valence-electron chi connectivity index (χ0n) is 8.17. The van der Waals surface area contributed by atoms with Gasteiger partial charge >= 0.3 is 0 Å².